The number of aryl methyl sites for hydroxylation is 2. The van der Waals surface area contributed by atoms with Crippen LogP contribution in [0.1, 0.15) is 60.0 Å². The Hall–Kier alpha value is -3.05. The number of pyridine rings is 2. The van der Waals surface area contributed by atoms with E-state index in [2.05, 4.69) is 22.1 Å². The molecule has 0 spiro atoms. The Morgan fingerprint density at radius 3 is 1.69 bits per heavy atom. The molecular weight excluding hydrogens is 324 g/mol. The minimum atomic E-state index is -0.168. The second-order valence-corrected chi connectivity index (χ2v) is 6.42. The van der Waals surface area contributed by atoms with E-state index in [0.29, 0.717) is 0 Å². The standard InChI is InChI=1S/C21H22N4O/c1-15-20(5-3-11-24-15)17(7-9-22)13-19(26)14-18(8-10-23)21-6-4-12-25-16(21)2/h3-6,11-12,17-18H,7-8,13-14H2,1-2H3. The number of hydrogen-bond donors (Lipinski definition) is 0. The van der Waals surface area contributed by atoms with Gasteiger partial charge in [-0.15, -0.1) is 0 Å². The van der Waals surface area contributed by atoms with Crippen molar-refractivity contribution in [3.8, 4) is 12.1 Å². The second kappa shape index (κ2) is 9.44. The third kappa shape index (κ3) is 4.97. The lowest BCUT2D eigenvalue weighted by Crippen LogP contribution is -2.13. The first-order valence-corrected chi connectivity index (χ1v) is 8.65. The average molecular weight is 346 g/mol. The number of carbonyl (C=O) groups is 1. The molecule has 0 saturated heterocycles. The maximum atomic E-state index is 12.7. The molecule has 5 heteroatoms. The Balaban J connectivity index is 2.16. The summed E-state index contributed by atoms with van der Waals surface area (Å²) in [6, 6.07) is 11.9. The Morgan fingerprint density at radius 2 is 1.35 bits per heavy atom. The van der Waals surface area contributed by atoms with E-state index < -0.39 is 0 Å². The molecule has 0 aliphatic rings. The first kappa shape index (κ1) is 19.3. The number of hydrogen-bond acceptors (Lipinski definition) is 5. The fourth-order valence-corrected chi connectivity index (χ4v) is 3.29. The summed E-state index contributed by atoms with van der Waals surface area (Å²) in [5.74, 6) is -0.283. The second-order valence-electron chi connectivity index (χ2n) is 6.42. The van der Waals surface area contributed by atoms with Gasteiger partial charge in [-0.25, -0.2) is 0 Å². The summed E-state index contributed by atoms with van der Waals surface area (Å²) in [6.07, 6.45) is 4.51. The summed E-state index contributed by atoms with van der Waals surface area (Å²) >= 11 is 0. The van der Waals surface area contributed by atoms with Crippen molar-refractivity contribution in [3.63, 3.8) is 0 Å². The molecule has 0 bridgehead atoms. The minimum Gasteiger partial charge on any atom is -0.300 e. The quantitative estimate of drug-likeness (QED) is 0.716. The number of ketones is 1. The van der Waals surface area contributed by atoms with Gasteiger partial charge in [0, 0.05) is 61.3 Å². The van der Waals surface area contributed by atoms with Crippen molar-refractivity contribution in [1.82, 2.24) is 9.97 Å². The van der Waals surface area contributed by atoms with Crippen molar-refractivity contribution >= 4 is 5.78 Å². The largest absolute Gasteiger partial charge is 0.300 e. The van der Waals surface area contributed by atoms with Gasteiger partial charge in [-0.05, 0) is 37.1 Å². The van der Waals surface area contributed by atoms with Gasteiger partial charge in [-0.3, -0.25) is 14.8 Å². The van der Waals surface area contributed by atoms with Gasteiger partial charge < -0.3 is 0 Å². The van der Waals surface area contributed by atoms with Gasteiger partial charge in [-0.1, -0.05) is 12.1 Å². The third-order valence-corrected chi connectivity index (χ3v) is 4.60. The molecular formula is C21H22N4O. The predicted octanol–water partition coefficient (Wildman–Crippen LogP) is 4.14. The number of aromatic nitrogens is 2. The highest BCUT2D eigenvalue weighted by molar-refractivity contribution is 5.80. The Morgan fingerprint density at radius 1 is 0.923 bits per heavy atom. The van der Waals surface area contributed by atoms with E-state index in [0.717, 1.165) is 22.5 Å². The molecule has 0 aliphatic carbocycles. The molecule has 0 aliphatic heterocycles. The molecule has 2 unspecified atom stereocenters. The van der Waals surface area contributed by atoms with Crippen LogP contribution in [0, 0.1) is 36.5 Å². The topological polar surface area (TPSA) is 90.4 Å². The zero-order chi connectivity index (χ0) is 18.9. The first-order valence-electron chi connectivity index (χ1n) is 8.65. The Bertz CT molecular complexity index is 778. The molecule has 5 nitrogen and oxygen atoms in total. The van der Waals surface area contributed by atoms with Gasteiger partial charge in [0.2, 0.25) is 0 Å². The molecule has 0 fully saturated rings. The van der Waals surface area contributed by atoms with Crippen LogP contribution in [0.15, 0.2) is 36.7 Å². The van der Waals surface area contributed by atoms with Crippen molar-refractivity contribution in [1.29, 1.82) is 10.5 Å². The fraction of sp³-hybridized carbons (Fsp3) is 0.381. The molecule has 2 rings (SSSR count). The molecule has 2 aromatic heterocycles. The maximum absolute atomic E-state index is 12.7. The summed E-state index contributed by atoms with van der Waals surface area (Å²) < 4.78 is 0. The molecule has 2 atom stereocenters. The van der Waals surface area contributed by atoms with E-state index in [1.807, 2.05) is 38.1 Å². The van der Waals surface area contributed by atoms with Crippen LogP contribution in [0.5, 0.6) is 0 Å². The van der Waals surface area contributed by atoms with E-state index in [1.54, 1.807) is 12.4 Å². The zero-order valence-electron chi connectivity index (χ0n) is 15.1. The Labute approximate surface area is 154 Å². The Kier molecular flexibility index (Phi) is 7.00. The van der Waals surface area contributed by atoms with Crippen LogP contribution >= 0.6 is 0 Å². The molecule has 2 heterocycles. The van der Waals surface area contributed by atoms with Crippen LogP contribution in [0.3, 0.4) is 0 Å². The number of Topliss-reactive ketones (excluding diaryl/α,β-unsaturated/α-hetero) is 1. The van der Waals surface area contributed by atoms with Gasteiger partial charge in [0.05, 0.1) is 12.1 Å². The summed E-state index contributed by atoms with van der Waals surface area (Å²) in [5, 5.41) is 18.3. The van der Waals surface area contributed by atoms with Gasteiger partial charge >= 0.3 is 0 Å². The summed E-state index contributed by atoms with van der Waals surface area (Å²) in [6.45, 7) is 3.78. The van der Waals surface area contributed by atoms with Crippen LogP contribution in [-0.2, 0) is 4.79 Å². The number of carbonyl (C=O) groups excluding carboxylic acids is 1. The summed E-state index contributed by atoms with van der Waals surface area (Å²) in [4.78, 5) is 21.3. The number of nitrogens with zero attached hydrogens (tertiary/aromatic N) is 4. The minimum absolute atomic E-state index is 0.0528. The van der Waals surface area contributed by atoms with Gasteiger partial charge in [0.25, 0.3) is 0 Å². The highest BCUT2D eigenvalue weighted by Gasteiger charge is 2.22. The van der Waals surface area contributed by atoms with E-state index in [1.165, 1.54) is 0 Å². The van der Waals surface area contributed by atoms with E-state index in [9.17, 15) is 4.79 Å². The highest BCUT2D eigenvalue weighted by atomic mass is 16.1. The molecule has 0 saturated carbocycles. The maximum Gasteiger partial charge on any atom is 0.134 e. The lowest BCUT2D eigenvalue weighted by atomic mass is 9.85. The van der Waals surface area contributed by atoms with Crippen LogP contribution in [0.25, 0.3) is 0 Å². The third-order valence-electron chi connectivity index (χ3n) is 4.60. The molecule has 132 valence electrons. The van der Waals surface area contributed by atoms with E-state index in [4.69, 9.17) is 10.5 Å². The average Bonchev–Trinajstić information content (AvgIpc) is 2.62. The SMILES string of the molecule is Cc1ncccc1C(CC#N)CC(=O)CC(CC#N)c1cccnc1C. The van der Waals surface area contributed by atoms with Crippen molar-refractivity contribution < 1.29 is 4.79 Å². The number of rotatable bonds is 8. The molecule has 26 heavy (non-hydrogen) atoms. The smallest absolute Gasteiger partial charge is 0.134 e. The monoisotopic (exact) mass is 346 g/mol. The van der Waals surface area contributed by atoms with E-state index in [-0.39, 0.29) is 43.3 Å². The van der Waals surface area contributed by atoms with Crippen molar-refractivity contribution in [3.05, 3.63) is 59.2 Å². The number of nitriles is 2. The van der Waals surface area contributed by atoms with Crippen LogP contribution < -0.4 is 0 Å². The van der Waals surface area contributed by atoms with Crippen LogP contribution in [0.4, 0.5) is 0 Å². The normalized spacial score (nSPS) is 12.6. The summed E-state index contributed by atoms with van der Waals surface area (Å²) in [7, 11) is 0. The van der Waals surface area contributed by atoms with Crippen molar-refractivity contribution in [2.45, 2.75) is 51.4 Å². The predicted molar refractivity (Wildman–Crippen MR) is 98.1 cm³/mol. The molecule has 2 aromatic rings. The van der Waals surface area contributed by atoms with Crippen LogP contribution in [-0.4, -0.2) is 15.8 Å². The molecule has 0 aromatic carbocycles. The molecule has 0 N–H and O–H groups in total. The fourth-order valence-electron chi connectivity index (χ4n) is 3.29. The van der Waals surface area contributed by atoms with E-state index >= 15 is 0 Å². The highest BCUT2D eigenvalue weighted by Crippen LogP contribution is 2.30. The van der Waals surface area contributed by atoms with Crippen LogP contribution in [0.2, 0.25) is 0 Å². The van der Waals surface area contributed by atoms with Gasteiger partial charge in [0.15, 0.2) is 0 Å². The first-order chi connectivity index (χ1) is 12.6. The zero-order valence-corrected chi connectivity index (χ0v) is 15.1. The lowest BCUT2D eigenvalue weighted by molar-refractivity contribution is -0.119. The van der Waals surface area contributed by atoms with Gasteiger partial charge in [0.1, 0.15) is 5.78 Å². The molecule has 0 amide bonds. The van der Waals surface area contributed by atoms with Crippen molar-refractivity contribution in [2.24, 2.45) is 0 Å². The lowest BCUT2D eigenvalue weighted by Gasteiger charge is -2.18. The molecule has 0 radical (unpaired) electrons. The summed E-state index contributed by atoms with van der Waals surface area (Å²) in [5.41, 5.74) is 3.57. The van der Waals surface area contributed by atoms with Crippen molar-refractivity contribution in [2.75, 3.05) is 0 Å². The van der Waals surface area contributed by atoms with Gasteiger partial charge in [-0.2, -0.15) is 10.5 Å².